The number of unbranched alkanes of at least 4 members (excludes halogenated alkanes) is 60. The molecule has 0 saturated carbocycles. The second-order valence-electron chi connectivity index (χ2n) is 25.4. The molecule has 0 spiro atoms. The monoisotopic (exact) mass is 1150 g/mol. The van der Waals surface area contributed by atoms with Crippen molar-refractivity contribution < 1.29 is 28.5 Å². The van der Waals surface area contributed by atoms with Crippen LogP contribution in [0.4, 0.5) is 0 Å². The highest BCUT2D eigenvalue weighted by Crippen LogP contribution is 2.23. The average Bonchev–Trinajstić information content (AvgIpc) is 3.40. The third-order valence-electron chi connectivity index (χ3n) is 17.9. The molecule has 0 fully saturated rings. The number of rotatable bonds is 68. The number of hydrogen-bond donors (Lipinski definition) is 0. The Labute approximate surface area is 490 Å². The van der Waals surface area contributed by atoms with Crippen molar-refractivity contribution in [2.24, 2.45) is 0 Å². The molecular formula is C72H148IN. The van der Waals surface area contributed by atoms with E-state index in [1.807, 2.05) is 0 Å². The van der Waals surface area contributed by atoms with E-state index in [0.717, 1.165) is 0 Å². The summed E-state index contributed by atoms with van der Waals surface area (Å²) in [5, 5.41) is 0. The van der Waals surface area contributed by atoms with Crippen LogP contribution in [-0.2, 0) is 0 Å². The van der Waals surface area contributed by atoms with E-state index >= 15 is 0 Å². The largest absolute Gasteiger partial charge is 1.00 e. The Morgan fingerprint density at radius 3 is 0.297 bits per heavy atom. The van der Waals surface area contributed by atoms with E-state index < -0.39 is 0 Å². The van der Waals surface area contributed by atoms with Crippen LogP contribution in [0.2, 0.25) is 0 Å². The molecule has 1 nitrogen and oxygen atoms in total. The van der Waals surface area contributed by atoms with Crippen LogP contribution in [0, 0.1) is 0 Å². The number of hydrogen-bond acceptors (Lipinski definition) is 0. The van der Waals surface area contributed by atoms with E-state index in [0.29, 0.717) is 0 Å². The Hall–Kier alpha value is 0.690. The lowest BCUT2D eigenvalue weighted by atomic mass is 10.0. The summed E-state index contributed by atoms with van der Waals surface area (Å²) >= 11 is 0. The van der Waals surface area contributed by atoms with Crippen molar-refractivity contribution in [1.29, 1.82) is 0 Å². The van der Waals surface area contributed by atoms with Gasteiger partial charge >= 0.3 is 0 Å². The van der Waals surface area contributed by atoms with Crippen molar-refractivity contribution in [3.63, 3.8) is 0 Å². The van der Waals surface area contributed by atoms with E-state index in [1.54, 1.807) is 0 Å². The predicted octanol–water partition coefficient (Wildman–Crippen LogP) is 23.9. The third kappa shape index (κ3) is 63.5. The van der Waals surface area contributed by atoms with E-state index in [-0.39, 0.29) is 24.0 Å². The molecule has 0 aliphatic rings. The van der Waals surface area contributed by atoms with Crippen molar-refractivity contribution in [1.82, 2.24) is 0 Å². The maximum absolute atomic E-state index is 2.33. The normalized spacial score (nSPS) is 11.8. The summed E-state index contributed by atoms with van der Waals surface area (Å²) in [5.41, 5.74) is 0. The van der Waals surface area contributed by atoms with Gasteiger partial charge in [-0.1, -0.05) is 387 Å². The Morgan fingerprint density at radius 1 is 0.122 bits per heavy atom. The van der Waals surface area contributed by atoms with Crippen LogP contribution < -0.4 is 24.0 Å². The van der Waals surface area contributed by atoms with Crippen LogP contribution in [0.15, 0.2) is 0 Å². The summed E-state index contributed by atoms with van der Waals surface area (Å²) in [6.45, 7) is 15.3. The minimum atomic E-state index is 0. The first-order valence-electron chi connectivity index (χ1n) is 36.1. The minimum Gasteiger partial charge on any atom is -1.00 e. The first kappa shape index (κ1) is 76.8. The Bertz CT molecular complexity index is 783. The number of nitrogens with zero attached hydrogens (tertiary/aromatic N) is 1. The lowest BCUT2D eigenvalue weighted by molar-refractivity contribution is -0.929. The van der Waals surface area contributed by atoms with E-state index in [9.17, 15) is 0 Å². The second-order valence-corrected chi connectivity index (χ2v) is 25.4. The van der Waals surface area contributed by atoms with Gasteiger partial charge in [0.2, 0.25) is 0 Å². The molecule has 0 amide bonds. The van der Waals surface area contributed by atoms with Gasteiger partial charge in [0.25, 0.3) is 0 Å². The predicted molar refractivity (Wildman–Crippen MR) is 338 cm³/mol. The molecule has 0 unspecified atom stereocenters. The van der Waals surface area contributed by atoms with Gasteiger partial charge in [-0.15, -0.1) is 0 Å². The summed E-state index contributed by atoms with van der Waals surface area (Å²) in [6, 6.07) is 0. The van der Waals surface area contributed by atoms with Gasteiger partial charge in [0.1, 0.15) is 0 Å². The summed E-state index contributed by atoms with van der Waals surface area (Å²) in [6.07, 6.45) is 94.7. The van der Waals surface area contributed by atoms with E-state index in [4.69, 9.17) is 0 Å². The first-order chi connectivity index (χ1) is 36.2. The molecule has 74 heavy (non-hydrogen) atoms. The van der Waals surface area contributed by atoms with E-state index in [1.165, 1.54) is 442 Å². The van der Waals surface area contributed by atoms with Crippen LogP contribution in [0.1, 0.15) is 439 Å². The molecule has 0 radical (unpaired) electrons. The van der Waals surface area contributed by atoms with Gasteiger partial charge in [0.05, 0.1) is 26.2 Å². The minimum absolute atomic E-state index is 0. The van der Waals surface area contributed by atoms with Gasteiger partial charge in [-0.05, 0) is 51.4 Å². The van der Waals surface area contributed by atoms with Crippen LogP contribution in [0.25, 0.3) is 0 Å². The first-order valence-corrected chi connectivity index (χ1v) is 36.1. The fourth-order valence-electron chi connectivity index (χ4n) is 12.7. The summed E-state index contributed by atoms with van der Waals surface area (Å²) in [4.78, 5) is 0. The molecular weight excluding hydrogens is 1010 g/mol. The smallest absolute Gasteiger partial charge is 0.0786 e. The molecule has 0 aliphatic carbocycles. The van der Waals surface area contributed by atoms with Crippen molar-refractivity contribution >= 4 is 0 Å². The van der Waals surface area contributed by atoms with E-state index in [2.05, 4.69) is 27.7 Å². The molecule has 0 aromatic heterocycles. The van der Waals surface area contributed by atoms with Gasteiger partial charge in [-0.3, -0.25) is 0 Å². The molecule has 0 saturated heterocycles. The van der Waals surface area contributed by atoms with Gasteiger partial charge < -0.3 is 28.5 Å². The summed E-state index contributed by atoms with van der Waals surface area (Å²) in [7, 11) is 0. The summed E-state index contributed by atoms with van der Waals surface area (Å²) in [5.74, 6) is 0. The third-order valence-corrected chi connectivity index (χ3v) is 17.9. The van der Waals surface area contributed by atoms with Crippen molar-refractivity contribution in [3.8, 4) is 0 Å². The van der Waals surface area contributed by atoms with Gasteiger partial charge in [0, 0.05) is 0 Å². The second kappa shape index (κ2) is 69.8. The molecule has 0 N–H and O–H groups in total. The van der Waals surface area contributed by atoms with Crippen LogP contribution in [-0.4, -0.2) is 30.7 Å². The standard InChI is InChI=1S/C72H148N.HI/c1-5-9-13-17-21-25-29-33-37-41-45-49-53-57-61-65-69-73(70-66-62-58-54-50-46-42-38-34-30-26-22-18-14-10-6-2,71-67-63-59-55-51-47-43-39-35-31-27-23-19-15-11-7-3)72-68-64-60-56-52-48-44-40-36-32-28-24-20-16-12-8-4;/h5-72H2,1-4H3;1H/q+1;/p-1. The molecule has 0 heterocycles. The number of halogens is 1. The zero-order chi connectivity index (χ0) is 52.6. The van der Waals surface area contributed by atoms with Crippen molar-refractivity contribution in [3.05, 3.63) is 0 Å². The molecule has 448 valence electrons. The van der Waals surface area contributed by atoms with Gasteiger partial charge in [0.15, 0.2) is 0 Å². The molecule has 0 bridgehead atoms. The molecule has 0 aromatic carbocycles. The molecule has 2 heteroatoms. The zero-order valence-corrected chi connectivity index (χ0v) is 55.1. The van der Waals surface area contributed by atoms with Gasteiger partial charge in [-0.25, -0.2) is 0 Å². The molecule has 0 aromatic rings. The molecule has 0 rings (SSSR count). The Balaban J connectivity index is 0. The van der Waals surface area contributed by atoms with Crippen molar-refractivity contribution in [2.45, 2.75) is 439 Å². The molecule has 0 atom stereocenters. The fraction of sp³-hybridized carbons (Fsp3) is 1.00. The highest BCUT2D eigenvalue weighted by atomic mass is 127. The zero-order valence-electron chi connectivity index (χ0n) is 52.9. The van der Waals surface area contributed by atoms with Gasteiger partial charge in [-0.2, -0.15) is 0 Å². The summed E-state index contributed by atoms with van der Waals surface area (Å²) < 4.78 is 1.49. The number of quaternary nitrogens is 1. The quantitative estimate of drug-likeness (QED) is 0.0323. The lowest BCUT2D eigenvalue weighted by Crippen LogP contribution is -3.00. The average molecular weight is 1150 g/mol. The lowest BCUT2D eigenvalue weighted by Gasteiger charge is -2.40. The fourth-order valence-corrected chi connectivity index (χ4v) is 12.7. The highest BCUT2D eigenvalue weighted by molar-refractivity contribution is 4.58. The Morgan fingerprint density at radius 2 is 0.203 bits per heavy atom. The molecule has 0 aliphatic heterocycles. The maximum Gasteiger partial charge on any atom is 0.0786 e. The SMILES string of the molecule is CCCCCCCCCCCCCCCCCC[N+](CCCCCCCCCCCCCCCCCC)(CCCCCCCCCCCCCCCCCC)CCCCCCCCCCCCCCCCCC.[I-]. The topological polar surface area (TPSA) is 0 Å². The highest BCUT2D eigenvalue weighted by Gasteiger charge is 2.26. The Kier molecular flexibility index (Phi) is 72.4. The van der Waals surface area contributed by atoms with Crippen LogP contribution in [0.3, 0.4) is 0 Å². The van der Waals surface area contributed by atoms with Crippen molar-refractivity contribution in [2.75, 3.05) is 26.2 Å². The van der Waals surface area contributed by atoms with Crippen LogP contribution in [0.5, 0.6) is 0 Å². The maximum atomic E-state index is 2.33. The van der Waals surface area contributed by atoms with Crippen LogP contribution >= 0.6 is 0 Å².